The van der Waals surface area contributed by atoms with Gasteiger partial charge in [-0.2, -0.15) is 4.31 Å². The minimum atomic E-state index is -3.76. The van der Waals surface area contributed by atoms with Crippen molar-refractivity contribution in [1.29, 1.82) is 0 Å². The molecule has 1 N–H and O–H groups in total. The maximum atomic E-state index is 13.6. The van der Waals surface area contributed by atoms with Gasteiger partial charge in [-0.15, -0.1) is 0 Å². The molecule has 194 valence electrons. The van der Waals surface area contributed by atoms with Crippen LogP contribution >= 0.6 is 0 Å². The van der Waals surface area contributed by atoms with Gasteiger partial charge in [0.25, 0.3) is 5.91 Å². The summed E-state index contributed by atoms with van der Waals surface area (Å²) in [7, 11) is -0.680. The molecular formula is C27H35N3O5S. The molecule has 1 saturated heterocycles. The molecule has 4 rings (SSSR count). The second kappa shape index (κ2) is 9.52. The summed E-state index contributed by atoms with van der Waals surface area (Å²) in [5, 5.41) is 2.74. The van der Waals surface area contributed by atoms with Crippen molar-refractivity contribution in [3.05, 3.63) is 54.1 Å². The van der Waals surface area contributed by atoms with Crippen molar-refractivity contribution in [3.63, 3.8) is 0 Å². The average Bonchev–Trinajstić information content (AvgIpc) is 3.08. The highest BCUT2D eigenvalue weighted by molar-refractivity contribution is 7.89. The van der Waals surface area contributed by atoms with E-state index in [4.69, 9.17) is 4.74 Å². The average molecular weight is 514 g/mol. The van der Waals surface area contributed by atoms with Crippen LogP contribution in [-0.4, -0.2) is 62.7 Å². The smallest absolute Gasteiger partial charge is 0.254 e. The van der Waals surface area contributed by atoms with Gasteiger partial charge in [0, 0.05) is 30.9 Å². The number of methoxy groups -OCH3 is 1. The van der Waals surface area contributed by atoms with Crippen LogP contribution < -0.4 is 10.1 Å². The zero-order valence-corrected chi connectivity index (χ0v) is 22.4. The van der Waals surface area contributed by atoms with E-state index in [-0.39, 0.29) is 39.8 Å². The molecule has 2 aliphatic rings. The minimum absolute atomic E-state index is 0.0348. The van der Waals surface area contributed by atoms with Crippen LogP contribution in [-0.2, 0) is 14.8 Å². The quantitative estimate of drug-likeness (QED) is 0.604. The SMILES string of the molecule is COc1ccc(NC(=O)CN(C)C(=O)c2cccc(S(=O)(=O)N3C[C@@]4(C)C[C@@H]3CC(C)(C)C4)c2)cc1. The lowest BCUT2D eigenvalue weighted by Crippen LogP contribution is -2.38. The summed E-state index contributed by atoms with van der Waals surface area (Å²) in [5.41, 5.74) is 0.867. The third-order valence-corrected chi connectivity index (χ3v) is 9.05. The summed E-state index contributed by atoms with van der Waals surface area (Å²) < 4.78 is 34.0. The molecule has 2 aromatic carbocycles. The van der Waals surface area contributed by atoms with E-state index in [9.17, 15) is 18.0 Å². The summed E-state index contributed by atoms with van der Waals surface area (Å²) >= 11 is 0. The lowest BCUT2D eigenvalue weighted by atomic mass is 9.65. The first-order chi connectivity index (χ1) is 16.8. The van der Waals surface area contributed by atoms with Crippen molar-refractivity contribution in [2.45, 2.75) is 51.0 Å². The van der Waals surface area contributed by atoms with Gasteiger partial charge in [0.15, 0.2) is 0 Å². The third-order valence-electron chi connectivity index (χ3n) is 7.16. The fraction of sp³-hybridized carbons (Fsp3) is 0.481. The Balaban J connectivity index is 1.46. The van der Waals surface area contributed by atoms with E-state index in [1.54, 1.807) is 47.8 Å². The van der Waals surface area contributed by atoms with Gasteiger partial charge in [-0.1, -0.05) is 26.8 Å². The van der Waals surface area contributed by atoms with Crippen molar-refractivity contribution >= 4 is 27.5 Å². The maximum Gasteiger partial charge on any atom is 0.254 e. The van der Waals surface area contributed by atoms with Gasteiger partial charge in [0.05, 0.1) is 18.6 Å². The van der Waals surface area contributed by atoms with E-state index in [0.29, 0.717) is 18.0 Å². The molecular weight excluding hydrogens is 478 g/mol. The number of anilines is 1. The van der Waals surface area contributed by atoms with Crippen LogP contribution in [0.3, 0.4) is 0 Å². The Bertz CT molecular complexity index is 1260. The lowest BCUT2D eigenvalue weighted by molar-refractivity contribution is -0.116. The summed E-state index contributed by atoms with van der Waals surface area (Å²) in [5.74, 6) is -0.115. The molecule has 0 radical (unpaired) electrons. The highest BCUT2D eigenvalue weighted by Gasteiger charge is 2.53. The number of carbonyl (C=O) groups is 2. The number of nitrogens with one attached hydrogen (secondary N) is 1. The first kappa shape index (κ1) is 26.2. The Kier molecular flexibility index (Phi) is 6.92. The van der Waals surface area contributed by atoms with Crippen molar-refractivity contribution in [2.75, 3.05) is 32.6 Å². The molecule has 0 unspecified atom stereocenters. The standard InChI is InChI=1S/C27H35N3O5S/c1-26(2)14-21-15-27(3,17-26)18-30(21)36(33,34)23-8-6-7-19(13-23)25(32)29(4)16-24(31)28-20-9-11-22(35-5)12-10-20/h6-13,21H,14-18H2,1-5H3,(H,28,31)/t21-,27-/m0/s1. The van der Waals surface area contributed by atoms with Gasteiger partial charge < -0.3 is 15.0 Å². The van der Waals surface area contributed by atoms with Gasteiger partial charge >= 0.3 is 0 Å². The highest BCUT2D eigenvalue weighted by atomic mass is 32.2. The van der Waals surface area contributed by atoms with E-state index in [0.717, 1.165) is 19.3 Å². The number of fused-ring (bicyclic) bond motifs is 2. The van der Waals surface area contributed by atoms with Crippen LogP contribution in [0, 0.1) is 10.8 Å². The van der Waals surface area contributed by atoms with Crippen molar-refractivity contribution in [3.8, 4) is 5.75 Å². The van der Waals surface area contributed by atoms with Gasteiger partial charge in [-0.25, -0.2) is 8.42 Å². The van der Waals surface area contributed by atoms with Crippen molar-refractivity contribution < 1.29 is 22.7 Å². The topological polar surface area (TPSA) is 96.0 Å². The van der Waals surface area contributed by atoms with E-state index in [1.165, 1.54) is 24.1 Å². The van der Waals surface area contributed by atoms with Gasteiger partial charge in [-0.05, 0) is 72.6 Å². The number of rotatable bonds is 7. The molecule has 1 aliphatic heterocycles. The van der Waals surface area contributed by atoms with Gasteiger partial charge in [0.2, 0.25) is 15.9 Å². The number of hydrogen-bond donors (Lipinski definition) is 1. The molecule has 2 fully saturated rings. The molecule has 2 bridgehead atoms. The number of sulfonamides is 1. The Labute approximate surface area is 213 Å². The van der Waals surface area contributed by atoms with Crippen LogP contribution in [0.2, 0.25) is 0 Å². The zero-order chi connectivity index (χ0) is 26.3. The van der Waals surface area contributed by atoms with Crippen molar-refractivity contribution in [2.24, 2.45) is 10.8 Å². The molecule has 0 aromatic heterocycles. The summed E-state index contributed by atoms with van der Waals surface area (Å²) in [6.07, 6.45) is 2.68. The Morgan fingerprint density at radius 2 is 1.81 bits per heavy atom. The van der Waals surface area contributed by atoms with E-state index < -0.39 is 15.9 Å². The lowest BCUT2D eigenvalue weighted by Gasteiger charge is -2.39. The van der Waals surface area contributed by atoms with Crippen LogP contribution in [0.4, 0.5) is 5.69 Å². The second-order valence-corrected chi connectivity index (χ2v) is 13.1. The van der Waals surface area contributed by atoms with E-state index in [2.05, 4.69) is 26.1 Å². The number of carbonyl (C=O) groups excluding carboxylic acids is 2. The molecule has 1 aliphatic carbocycles. The molecule has 1 saturated carbocycles. The van der Waals surface area contributed by atoms with Crippen LogP contribution in [0.1, 0.15) is 50.4 Å². The van der Waals surface area contributed by atoms with Crippen LogP contribution in [0.5, 0.6) is 5.75 Å². The van der Waals surface area contributed by atoms with Gasteiger partial charge in [-0.3, -0.25) is 9.59 Å². The summed E-state index contributed by atoms with van der Waals surface area (Å²) in [6, 6.07) is 13.0. The Hall–Kier alpha value is -2.91. The monoisotopic (exact) mass is 513 g/mol. The molecule has 1 heterocycles. The fourth-order valence-electron chi connectivity index (χ4n) is 6.00. The van der Waals surface area contributed by atoms with Crippen LogP contribution in [0.25, 0.3) is 0 Å². The number of hydrogen-bond acceptors (Lipinski definition) is 5. The molecule has 8 nitrogen and oxygen atoms in total. The molecule has 2 aromatic rings. The first-order valence-electron chi connectivity index (χ1n) is 12.1. The van der Waals surface area contributed by atoms with Crippen LogP contribution in [0.15, 0.2) is 53.4 Å². The maximum absolute atomic E-state index is 13.6. The number of nitrogens with zero attached hydrogens (tertiary/aromatic N) is 2. The number of ether oxygens (including phenoxy) is 1. The molecule has 36 heavy (non-hydrogen) atoms. The van der Waals surface area contributed by atoms with E-state index in [1.807, 2.05) is 0 Å². The molecule has 2 atom stereocenters. The van der Waals surface area contributed by atoms with E-state index >= 15 is 0 Å². The number of likely N-dealkylation sites (N-methyl/N-ethyl adjacent to an activating group) is 1. The second-order valence-electron chi connectivity index (χ2n) is 11.2. The highest BCUT2D eigenvalue weighted by Crippen LogP contribution is 2.53. The molecule has 9 heteroatoms. The Morgan fingerprint density at radius 3 is 2.47 bits per heavy atom. The third kappa shape index (κ3) is 5.42. The fourth-order valence-corrected chi connectivity index (χ4v) is 7.82. The summed E-state index contributed by atoms with van der Waals surface area (Å²) in [6.45, 7) is 6.89. The zero-order valence-electron chi connectivity index (χ0n) is 21.6. The minimum Gasteiger partial charge on any atom is -0.497 e. The van der Waals surface area contributed by atoms with Gasteiger partial charge in [0.1, 0.15) is 5.75 Å². The largest absolute Gasteiger partial charge is 0.497 e. The molecule has 2 amide bonds. The predicted molar refractivity (Wildman–Crippen MR) is 138 cm³/mol. The predicted octanol–water partition coefficient (Wildman–Crippen LogP) is 4.00. The number of benzene rings is 2. The Morgan fingerprint density at radius 1 is 1.11 bits per heavy atom. The summed E-state index contributed by atoms with van der Waals surface area (Å²) in [4.78, 5) is 26.9. The number of amides is 2. The first-order valence-corrected chi connectivity index (χ1v) is 13.6. The normalized spacial score (nSPS) is 23.2. The molecule has 0 spiro atoms. The van der Waals surface area contributed by atoms with Crippen molar-refractivity contribution in [1.82, 2.24) is 9.21 Å².